The molecule has 4 aromatic heterocycles. The number of benzene rings is 2. The number of allylic oxidation sites excluding steroid dienone is 5. The number of amides is 2. The fraction of sp³-hybridized carbons (Fsp3) is 0.195. The number of anilines is 2. The normalized spacial score (nSPS) is 15.6. The molecule has 2 aliphatic heterocycles. The summed E-state index contributed by atoms with van der Waals surface area (Å²) in [5, 5.41) is 10.7. The molecule has 0 saturated carbocycles. The Kier molecular flexibility index (Phi) is 8.95. The maximum Gasteiger partial charge on any atom is 0.256 e. The fourth-order valence-corrected chi connectivity index (χ4v) is 11.5. The SMILES string of the molecule is CC(=O)Nc1sc2cnc(-c3ccc(C(=O)Nc4sc5c(c4C4=NC6=CC=CC=C(C6)S4)CCN(C(C)C)C5)cc3)cc2c1-c1nc2ccccc2s1. The number of thioether (sulfide) groups is 1. The number of nitrogens with one attached hydrogen (secondary N) is 2. The molecule has 9 rings (SSSR count). The van der Waals surface area contributed by atoms with Crippen molar-refractivity contribution in [3.8, 4) is 21.8 Å². The maximum absolute atomic E-state index is 13.9. The molecule has 1 aliphatic carbocycles. The van der Waals surface area contributed by atoms with Gasteiger partial charge in [0.15, 0.2) is 0 Å². The average molecular weight is 771 g/mol. The minimum atomic E-state index is -0.157. The van der Waals surface area contributed by atoms with E-state index in [0.29, 0.717) is 11.6 Å². The Morgan fingerprint density at radius 1 is 0.906 bits per heavy atom. The summed E-state index contributed by atoms with van der Waals surface area (Å²) in [6.45, 7) is 7.85. The number of aliphatic imine (C=N–C) groups is 1. The van der Waals surface area contributed by atoms with E-state index in [1.165, 1.54) is 33.6 Å². The first-order valence-electron chi connectivity index (χ1n) is 17.5. The highest BCUT2D eigenvalue weighted by atomic mass is 32.2. The van der Waals surface area contributed by atoms with E-state index in [1.807, 2.05) is 54.7 Å². The van der Waals surface area contributed by atoms with E-state index in [4.69, 9.17) is 15.0 Å². The van der Waals surface area contributed by atoms with Crippen LogP contribution in [0.2, 0.25) is 0 Å². The standard InChI is InChI=1S/C41H34N6O2S4/c1-22(2)47-17-16-28-34(21-47)53-41(35(28)39-44-26-8-4-5-9-27(18-26)50-39)46-37(49)25-14-12-24(13-15-25)31-19-29-33(20-42-31)52-38(43-23(3)48)36(29)40-45-30-10-6-7-11-32(30)51-40/h4-15,19-20,22H,16-18,21H2,1-3H3,(H,43,48)(H,46,49). The number of hydrogen-bond donors (Lipinski definition) is 2. The van der Waals surface area contributed by atoms with Crippen LogP contribution in [-0.4, -0.2) is 44.3 Å². The van der Waals surface area contributed by atoms with Crippen LogP contribution in [0.4, 0.5) is 10.0 Å². The topological polar surface area (TPSA) is 99.6 Å². The van der Waals surface area contributed by atoms with E-state index in [2.05, 4.69) is 59.7 Å². The molecule has 264 valence electrons. The van der Waals surface area contributed by atoms with Gasteiger partial charge in [-0.05, 0) is 67.1 Å². The Labute approximate surface area is 323 Å². The van der Waals surface area contributed by atoms with Gasteiger partial charge in [0.1, 0.15) is 20.1 Å². The molecule has 8 nitrogen and oxygen atoms in total. The minimum Gasteiger partial charge on any atom is -0.317 e. The summed E-state index contributed by atoms with van der Waals surface area (Å²) in [4.78, 5) is 46.0. The number of carbonyl (C=O) groups is 2. The van der Waals surface area contributed by atoms with Gasteiger partial charge in [0.05, 0.1) is 26.2 Å². The van der Waals surface area contributed by atoms with Gasteiger partial charge >= 0.3 is 0 Å². The third-order valence-electron chi connectivity index (χ3n) is 9.58. The van der Waals surface area contributed by atoms with Gasteiger partial charge in [-0.2, -0.15) is 0 Å². The maximum atomic E-state index is 13.9. The average Bonchev–Trinajstić information content (AvgIpc) is 3.81. The van der Waals surface area contributed by atoms with Crippen molar-refractivity contribution in [3.63, 3.8) is 0 Å². The van der Waals surface area contributed by atoms with Crippen molar-refractivity contribution < 1.29 is 9.59 Å². The van der Waals surface area contributed by atoms with Crippen LogP contribution in [0.1, 0.15) is 53.6 Å². The number of pyridine rings is 1. The second-order valence-corrected chi connectivity index (χ2v) is 17.8. The summed E-state index contributed by atoms with van der Waals surface area (Å²) in [6, 6.07) is 18.2. The van der Waals surface area contributed by atoms with Crippen molar-refractivity contribution in [2.45, 2.75) is 46.2 Å². The largest absolute Gasteiger partial charge is 0.317 e. The number of thiophene rings is 2. The molecule has 2 amide bonds. The summed E-state index contributed by atoms with van der Waals surface area (Å²) < 4.78 is 2.04. The molecule has 0 spiro atoms. The lowest BCUT2D eigenvalue weighted by molar-refractivity contribution is -0.114. The second kappa shape index (κ2) is 13.9. The van der Waals surface area contributed by atoms with Gasteiger partial charge in [-0.25, -0.2) is 9.98 Å². The molecular formula is C41H34N6O2S4. The molecule has 0 fully saturated rings. The fourth-order valence-electron chi connectivity index (χ4n) is 6.90. The first kappa shape index (κ1) is 34.1. The molecule has 0 atom stereocenters. The van der Waals surface area contributed by atoms with E-state index in [-0.39, 0.29) is 11.8 Å². The molecule has 53 heavy (non-hydrogen) atoms. The molecule has 3 aliphatic rings. The Hall–Kier alpha value is -4.72. The Bertz CT molecular complexity index is 2550. The third kappa shape index (κ3) is 6.59. The van der Waals surface area contributed by atoms with Gasteiger partial charge < -0.3 is 10.6 Å². The second-order valence-electron chi connectivity index (χ2n) is 13.5. The van der Waals surface area contributed by atoms with Crippen molar-refractivity contribution >= 4 is 92.9 Å². The third-order valence-corrected chi connectivity index (χ3v) is 13.9. The van der Waals surface area contributed by atoms with E-state index in [1.54, 1.807) is 34.4 Å². The lowest BCUT2D eigenvalue weighted by Crippen LogP contribution is -2.35. The molecular weight excluding hydrogens is 737 g/mol. The predicted octanol–water partition coefficient (Wildman–Crippen LogP) is 10.5. The lowest BCUT2D eigenvalue weighted by atomic mass is 10.0. The summed E-state index contributed by atoms with van der Waals surface area (Å²) in [5.74, 6) is -0.292. The van der Waals surface area contributed by atoms with Gasteiger partial charge in [-0.3, -0.25) is 19.5 Å². The summed E-state index contributed by atoms with van der Waals surface area (Å²) in [5.41, 5.74) is 7.46. The minimum absolute atomic E-state index is 0.135. The monoisotopic (exact) mass is 770 g/mol. The van der Waals surface area contributed by atoms with Crippen molar-refractivity contribution in [2.75, 3.05) is 17.2 Å². The molecule has 0 unspecified atom stereocenters. The van der Waals surface area contributed by atoms with Gasteiger partial charge in [0, 0.05) is 71.3 Å². The molecule has 2 aromatic carbocycles. The number of nitrogens with zero attached hydrogens (tertiary/aromatic N) is 4. The van der Waals surface area contributed by atoms with E-state index >= 15 is 0 Å². The zero-order valence-corrected chi connectivity index (χ0v) is 32.5. The first-order valence-corrected chi connectivity index (χ1v) is 20.7. The Morgan fingerprint density at radius 3 is 2.53 bits per heavy atom. The van der Waals surface area contributed by atoms with E-state index in [0.717, 1.165) is 94.4 Å². The van der Waals surface area contributed by atoms with Crippen LogP contribution in [0.15, 0.2) is 101 Å². The quantitative estimate of drug-likeness (QED) is 0.168. The van der Waals surface area contributed by atoms with Crippen molar-refractivity contribution in [1.29, 1.82) is 0 Å². The molecule has 6 heterocycles. The van der Waals surface area contributed by atoms with E-state index < -0.39 is 0 Å². The number of fused-ring (bicyclic) bond motifs is 5. The Morgan fingerprint density at radius 2 is 1.72 bits per heavy atom. The number of carbonyl (C=O) groups excluding carboxylic acids is 2. The van der Waals surface area contributed by atoms with Gasteiger partial charge in [-0.15, -0.1) is 34.0 Å². The molecule has 6 aromatic rings. The van der Waals surface area contributed by atoms with Crippen LogP contribution in [0.25, 0.3) is 42.1 Å². The number of para-hydroxylation sites is 1. The van der Waals surface area contributed by atoms with Gasteiger partial charge in [-0.1, -0.05) is 54.3 Å². The highest BCUT2D eigenvalue weighted by Gasteiger charge is 2.31. The van der Waals surface area contributed by atoms with Crippen molar-refractivity contribution in [3.05, 3.63) is 117 Å². The van der Waals surface area contributed by atoms with Crippen LogP contribution in [0.5, 0.6) is 0 Å². The summed E-state index contributed by atoms with van der Waals surface area (Å²) in [6.07, 6.45) is 12.0. The summed E-state index contributed by atoms with van der Waals surface area (Å²) in [7, 11) is 0. The number of aromatic nitrogens is 2. The van der Waals surface area contributed by atoms with Crippen LogP contribution in [0, 0.1) is 0 Å². The number of thiazole rings is 1. The van der Waals surface area contributed by atoms with Crippen LogP contribution in [-0.2, 0) is 17.8 Å². The first-order chi connectivity index (χ1) is 25.8. The molecule has 0 radical (unpaired) electrons. The van der Waals surface area contributed by atoms with Crippen LogP contribution < -0.4 is 10.6 Å². The van der Waals surface area contributed by atoms with E-state index in [9.17, 15) is 9.59 Å². The number of rotatable bonds is 7. The lowest BCUT2D eigenvalue weighted by Gasteiger charge is -2.30. The zero-order valence-electron chi connectivity index (χ0n) is 29.2. The van der Waals surface area contributed by atoms with Crippen molar-refractivity contribution in [1.82, 2.24) is 14.9 Å². The highest BCUT2D eigenvalue weighted by molar-refractivity contribution is 8.17. The molecule has 12 heteroatoms. The molecule has 0 saturated heterocycles. The Balaban J connectivity index is 1.03. The van der Waals surface area contributed by atoms with Crippen molar-refractivity contribution in [2.24, 2.45) is 4.99 Å². The van der Waals surface area contributed by atoms with Gasteiger partial charge in [0.2, 0.25) is 5.91 Å². The molecule has 2 N–H and O–H groups in total. The van der Waals surface area contributed by atoms with Gasteiger partial charge in [0.25, 0.3) is 5.91 Å². The van der Waals surface area contributed by atoms with Crippen LogP contribution >= 0.6 is 45.8 Å². The smallest absolute Gasteiger partial charge is 0.256 e. The molecule has 2 bridgehead atoms. The van der Waals surface area contributed by atoms with Crippen LogP contribution in [0.3, 0.4) is 0 Å². The zero-order chi connectivity index (χ0) is 36.2. The highest BCUT2D eigenvalue weighted by Crippen LogP contribution is 2.47. The predicted molar refractivity (Wildman–Crippen MR) is 224 cm³/mol. The summed E-state index contributed by atoms with van der Waals surface area (Å²) >= 11 is 6.49. The number of hydrogen-bond acceptors (Lipinski definition) is 10.